The van der Waals surface area contributed by atoms with Crippen LogP contribution in [0.4, 0.5) is 0 Å². The van der Waals surface area contributed by atoms with Crippen LogP contribution >= 0.6 is 0 Å². The summed E-state index contributed by atoms with van der Waals surface area (Å²) < 4.78 is 0. The summed E-state index contributed by atoms with van der Waals surface area (Å²) in [5.74, 6) is 1.98. The number of hydrogen-bond donors (Lipinski definition) is 2. The van der Waals surface area contributed by atoms with Gasteiger partial charge in [-0.15, -0.1) is 0 Å². The molecule has 3 nitrogen and oxygen atoms in total. The Bertz CT molecular complexity index is 855. The maximum Gasteiger partial charge on any atom is 0.138 e. The van der Waals surface area contributed by atoms with Crippen molar-refractivity contribution in [3.63, 3.8) is 0 Å². The maximum absolute atomic E-state index is 12.8. The molecule has 3 fully saturated rings. The van der Waals surface area contributed by atoms with Crippen LogP contribution in [0.15, 0.2) is 23.8 Å². The van der Waals surface area contributed by atoms with Crippen LogP contribution < -0.4 is 0 Å². The number of aliphatic hydroxyl groups is 2. The summed E-state index contributed by atoms with van der Waals surface area (Å²) in [6.07, 6.45) is 9.27. The molecule has 1 unspecified atom stereocenters. The molecule has 0 amide bonds. The van der Waals surface area contributed by atoms with E-state index < -0.39 is 6.10 Å². The lowest BCUT2D eigenvalue weighted by Crippen LogP contribution is -2.57. The number of ketones is 1. The Morgan fingerprint density at radius 1 is 1.18 bits per heavy atom. The highest BCUT2D eigenvalue weighted by molar-refractivity contribution is 5.85. The molecule has 0 aliphatic heterocycles. The summed E-state index contributed by atoms with van der Waals surface area (Å²) in [5, 5.41) is 21.7. The number of rotatable bonds is 5. The molecule has 0 bridgehead atoms. The molecular weight excluding hydrogens is 408 g/mol. The Morgan fingerprint density at radius 3 is 2.48 bits per heavy atom. The number of carbonyl (C=O) groups is 1. The second-order valence-corrected chi connectivity index (χ2v) is 13.7. The maximum atomic E-state index is 12.8. The second-order valence-electron chi connectivity index (χ2n) is 13.7. The number of allylic oxidation sites excluding steroid dienone is 2. The van der Waals surface area contributed by atoms with Crippen LogP contribution in [0.25, 0.3) is 0 Å². The zero-order valence-electron chi connectivity index (χ0n) is 22.2. The first-order valence-electron chi connectivity index (χ1n) is 13.5. The van der Waals surface area contributed by atoms with Gasteiger partial charge in [-0.3, -0.25) is 4.79 Å². The Balaban J connectivity index is 1.65. The first kappa shape index (κ1) is 25.2. The summed E-state index contributed by atoms with van der Waals surface area (Å²) in [4.78, 5) is 12.8. The highest BCUT2D eigenvalue weighted by Crippen LogP contribution is 2.73. The third-order valence-electron chi connectivity index (χ3n) is 11.7. The second kappa shape index (κ2) is 8.05. The molecular formula is C30H48O3. The van der Waals surface area contributed by atoms with Crippen LogP contribution in [0.3, 0.4) is 0 Å². The van der Waals surface area contributed by atoms with E-state index in [0.29, 0.717) is 30.0 Å². The first-order chi connectivity index (χ1) is 15.2. The molecule has 9 atom stereocenters. The van der Waals surface area contributed by atoms with Crippen LogP contribution in [0.1, 0.15) is 99.8 Å². The minimum absolute atomic E-state index is 0.000802. The number of aliphatic hydroxyl groups excluding tert-OH is 2. The van der Waals surface area contributed by atoms with Gasteiger partial charge in [0.05, 0.1) is 12.2 Å². The third-order valence-corrected chi connectivity index (χ3v) is 11.7. The molecule has 0 aromatic rings. The fraction of sp³-hybridized carbons (Fsp3) is 0.833. The monoisotopic (exact) mass is 456 g/mol. The summed E-state index contributed by atoms with van der Waals surface area (Å²) >= 11 is 0. The normalized spacial score (nSPS) is 46.0. The molecule has 0 saturated heterocycles. The molecule has 4 aliphatic rings. The summed E-state index contributed by atoms with van der Waals surface area (Å²) in [7, 11) is 0. The van der Waals surface area contributed by atoms with E-state index in [1.54, 1.807) is 5.57 Å². The van der Waals surface area contributed by atoms with Crippen LogP contribution in [0, 0.1) is 45.3 Å². The lowest BCUT2D eigenvalue weighted by atomic mass is 9.41. The van der Waals surface area contributed by atoms with Gasteiger partial charge in [-0.1, -0.05) is 65.3 Å². The number of Topliss-reactive ketones (excluding diaryl/α,β-unsaturated/α-hetero) is 1. The third kappa shape index (κ3) is 3.46. The van der Waals surface area contributed by atoms with Gasteiger partial charge in [-0.2, -0.15) is 0 Å². The van der Waals surface area contributed by atoms with Gasteiger partial charge < -0.3 is 10.2 Å². The number of carbonyl (C=O) groups excluding carboxylic acids is 1. The van der Waals surface area contributed by atoms with Gasteiger partial charge in [0.1, 0.15) is 5.78 Å². The molecule has 3 saturated carbocycles. The molecule has 0 spiro atoms. The Kier molecular flexibility index (Phi) is 6.14. The predicted molar refractivity (Wildman–Crippen MR) is 135 cm³/mol. The van der Waals surface area contributed by atoms with E-state index >= 15 is 0 Å². The quantitative estimate of drug-likeness (QED) is 0.465. The molecule has 0 aromatic heterocycles. The van der Waals surface area contributed by atoms with Crippen molar-refractivity contribution in [1.82, 2.24) is 0 Å². The van der Waals surface area contributed by atoms with Gasteiger partial charge in [-0.05, 0) is 91.8 Å². The van der Waals surface area contributed by atoms with E-state index in [1.165, 1.54) is 6.42 Å². The van der Waals surface area contributed by atoms with Crippen molar-refractivity contribution in [3.8, 4) is 0 Å². The van der Waals surface area contributed by atoms with E-state index in [4.69, 9.17) is 0 Å². The number of hydrogen-bond acceptors (Lipinski definition) is 3. The van der Waals surface area contributed by atoms with Gasteiger partial charge in [0, 0.05) is 11.8 Å². The number of fused-ring (bicyclic) bond motifs is 5. The van der Waals surface area contributed by atoms with Crippen molar-refractivity contribution in [1.29, 1.82) is 0 Å². The Hall–Kier alpha value is -0.930. The fourth-order valence-electron chi connectivity index (χ4n) is 9.48. The van der Waals surface area contributed by atoms with Crippen molar-refractivity contribution >= 4 is 5.78 Å². The van der Waals surface area contributed by atoms with Gasteiger partial charge in [-0.25, -0.2) is 0 Å². The summed E-state index contributed by atoms with van der Waals surface area (Å²) in [5.41, 5.74) is 2.41. The van der Waals surface area contributed by atoms with Crippen LogP contribution in [0.2, 0.25) is 0 Å². The molecule has 2 N–H and O–H groups in total. The zero-order chi connectivity index (χ0) is 24.6. The van der Waals surface area contributed by atoms with Crippen LogP contribution in [-0.2, 0) is 4.79 Å². The Morgan fingerprint density at radius 2 is 1.85 bits per heavy atom. The van der Waals surface area contributed by atoms with Gasteiger partial charge >= 0.3 is 0 Å². The van der Waals surface area contributed by atoms with E-state index in [1.807, 2.05) is 6.92 Å². The van der Waals surface area contributed by atoms with Crippen molar-refractivity contribution in [2.45, 2.75) is 112 Å². The van der Waals surface area contributed by atoms with Crippen molar-refractivity contribution in [2.24, 2.45) is 45.3 Å². The molecule has 0 aromatic carbocycles. The van der Waals surface area contributed by atoms with Crippen LogP contribution in [-0.4, -0.2) is 28.2 Å². The molecule has 0 radical (unpaired) electrons. The highest BCUT2D eigenvalue weighted by atomic mass is 16.3. The van der Waals surface area contributed by atoms with Crippen molar-refractivity contribution < 1.29 is 15.0 Å². The zero-order valence-corrected chi connectivity index (χ0v) is 22.2. The fourth-order valence-corrected chi connectivity index (χ4v) is 9.48. The first-order valence-corrected chi connectivity index (χ1v) is 13.5. The lowest BCUT2D eigenvalue weighted by Gasteiger charge is -2.63. The van der Waals surface area contributed by atoms with E-state index in [0.717, 1.165) is 44.1 Å². The minimum atomic E-state index is -0.448. The molecule has 33 heavy (non-hydrogen) atoms. The van der Waals surface area contributed by atoms with E-state index in [-0.39, 0.29) is 33.7 Å². The highest BCUT2D eigenvalue weighted by Gasteiger charge is 2.67. The SMILES string of the molecule is C=C(C)C(O)CC[C@@H](C)[C@@H]1[C@@H](O)C[C@]2(C)C3=CC[C@H]4C(C)(C)C(=O)CC[C@]4(C)[C@H]3CC[C@@]12C. The molecule has 4 aliphatic carbocycles. The molecule has 0 heterocycles. The molecule has 186 valence electrons. The smallest absolute Gasteiger partial charge is 0.138 e. The van der Waals surface area contributed by atoms with E-state index in [9.17, 15) is 15.0 Å². The van der Waals surface area contributed by atoms with Gasteiger partial charge in [0.15, 0.2) is 0 Å². The minimum Gasteiger partial charge on any atom is -0.393 e. The van der Waals surface area contributed by atoms with Gasteiger partial charge in [0.2, 0.25) is 0 Å². The van der Waals surface area contributed by atoms with Crippen molar-refractivity contribution in [3.05, 3.63) is 23.8 Å². The van der Waals surface area contributed by atoms with Crippen molar-refractivity contribution in [2.75, 3.05) is 0 Å². The topological polar surface area (TPSA) is 57.5 Å². The summed E-state index contributed by atoms with van der Waals surface area (Å²) in [6.45, 7) is 19.8. The molecule has 3 heteroatoms. The van der Waals surface area contributed by atoms with Gasteiger partial charge in [0.25, 0.3) is 0 Å². The average Bonchev–Trinajstić information content (AvgIpc) is 2.94. The Labute approximate surface area is 202 Å². The predicted octanol–water partition coefficient (Wildman–Crippen LogP) is 6.48. The summed E-state index contributed by atoms with van der Waals surface area (Å²) in [6, 6.07) is 0. The molecule has 4 rings (SSSR count). The van der Waals surface area contributed by atoms with Crippen LogP contribution in [0.5, 0.6) is 0 Å². The average molecular weight is 457 g/mol. The largest absolute Gasteiger partial charge is 0.393 e. The van der Waals surface area contributed by atoms with E-state index in [2.05, 4.69) is 54.2 Å². The lowest BCUT2D eigenvalue weighted by molar-refractivity contribution is -0.146. The standard InChI is InChI=1S/C30H48O3/c1-18(2)22(31)11-9-19(3)26-23(32)17-30(8)21-10-12-24-27(4,5)25(33)14-15-28(24,6)20(21)13-16-29(26,30)7/h10,19-20,22-24,26,31-32H,1,9,11-17H2,2-8H3/t19-,20+,22?,23+,24+,26-,28-,29+,30-/m1/s1.